The Kier molecular flexibility index (Phi) is 6.29. The molecule has 3 rings (SSSR count). The van der Waals surface area contributed by atoms with Gasteiger partial charge in [-0.3, -0.25) is 4.79 Å². The molecule has 0 saturated carbocycles. The van der Waals surface area contributed by atoms with E-state index in [9.17, 15) is 13.2 Å². The van der Waals surface area contributed by atoms with Gasteiger partial charge in [-0.1, -0.05) is 23.8 Å². The Bertz CT molecular complexity index is 1010. The number of carbonyl (C=O) groups is 1. The van der Waals surface area contributed by atoms with Gasteiger partial charge in [-0.15, -0.1) is 0 Å². The first-order valence-electron chi connectivity index (χ1n) is 9.71. The number of fused-ring (bicyclic) bond motifs is 1. The molecule has 1 heterocycles. The predicted molar refractivity (Wildman–Crippen MR) is 114 cm³/mol. The first-order valence-corrected chi connectivity index (χ1v) is 11.3. The van der Waals surface area contributed by atoms with Gasteiger partial charge in [0.15, 0.2) is 0 Å². The third-order valence-corrected chi connectivity index (χ3v) is 7.15. The summed E-state index contributed by atoms with van der Waals surface area (Å²) in [6.45, 7) is 6.65. The highest BCUT2D eigenvalue weighted by atomic mass is 32.2. The molecule has 7 heteroatoms. The lowest BCUT2D eigenvalue weighted by Crippen LogP contribution is -2.40. The number of carbonyl (C=O) groups excluding carboxylic acids is 1. The van der Waals surface area contributed by atoms with Gasteiger partial charge in [-0.05, 0) is 61.6 Å². The number of nitrogens with one attached hydrogen (secondary N) is 1. The van der Waals surface area contributed by atoms with Crippen LogP contribution >= 0.6 is 0 Å². The van der Waals surface area contributed by atoms with Crippen molar-refractivity contribution in [3.05, 3.63) is 63.7 Å². The Morgan fingerprint density at radius 3 is 2.45 bits per heavy atom. The molecule has 1 aliphatic heterocycles. The lowest BCUT2D eigenvalue weighted by Gasteiger charge is -2.28. The quantitative estimate of drug-likeness (QED) is 0.786. The van der Waals surface area contributed by atoms with E-state index < -0.39 is 10.0 Å². The molecule has 2 aromatic carbocycles. The van der Waals surface area contributed by atoms with Gasteiger partial charge in [0.1, 0.15) is 5.75 Å². The second-order valence-electron chi connectivity index (χ2n) is 7.56. The average molecular weight is 417 g/mol. The van der Waals surface area contributed by atoms with Crippen molar-refractivity contribution in [2.24, 2.45) is 0 Å². The van der Waals surface area contributed by atoms with Crippen molar-refractivity contribution < 1.29 is 17.9 Å². The summed E-state index contributed by atoms with van der Waals surface area (Å²) in [5.41, 5.74) is 5.62. The molecule has 6 nitrogen and oxygen atoms in total. The van der Waals surface area contributed by atoms with Crippen molar-refractivity contribution in [3.63, 3.8) is 0 Å². The molecule has 1 amide bonds. The Morgan fingerprint density at radius 1 is 1.10 bits per heavy atom. The Labute approximate surface area is 172 Å². The molecule has 29 heavy (non-hydrogen) atoms. The van der Waals surface area contributed by atoms with Crippen LogP contribution < -0.4 is 10.1 Å². The van der Waals surface area contributed by atoms with Gasteiger partial charge in [-0.2, -0.15) is 4.31 Å². The van der Waals surface area contributed by atoms with Crippen molar-refractivity contribution in [2.45, 2.75) is 33.7 Å². The van der Waals surface area contributed by atoms with E-state index in [1.807, 2.05) is 51.1 Å². The van der Waals surface area contributed by atoms with Crippen LogP contribution in [0, 0.1) is 20.8 Å². The average Bonchev–Trinajstić information content (AvgIpc) is 2.66. The summed E-state index contributed by atoms with van der Waals surface area (Å²) in [7, 11) is -1.84. The molecule has 0 radical (unpaired) electrons. The Balaban J connectivity index is 1.61. The normalized spacial score (nSPS) is 14.3. The highest BCUT2D eigenvalue weighted by Gasteiger charge is 2.27. The van der Waals surface area contributed by atoms with Gasteiger partial charge in [0, 0.05) is 25.2 Å². The van der Waals surface area contributed by atoms with Crippen LogP contribution in [0.25, 0.3) is 0 Å². The van der Waals surface area contributed by atoms with E-state index in [2.05, 4.69) is 5.32 Å². The highest BCUT2D eigenvalue weighted by Crippen LogP contribution is 2.25. The number of rotatable bonds is 6. The van der Waals surface area contributed by atoms with Crippen LogP contribution in [-0.2, 0) is 23.0 Å². The lowest BCUT2D eigenvalue weighted by atomic mass is 9.99. The third kappa shape index (κ3) is 4.79. The van der Waals surface area contributed by atoms with Gasteiger partial charge in [0.25, 0.3) is 5.91 Å². The summed E-state index contributed by atoms with van der Waals surface area (Å²) in [6.07, 6.45) is 0.653. The summed E-state index contributed by atoms with van der Waals surface area (Å²) in [6, 6.07) is 9.64. The standard InChI is InChI=1S/C22H28N2O4S/c1-15-11-16(2)21(17(3)12-15)22(25)23-8-10-29(26,27)24-9-7-18-13-20(28-4)6-5-19(18)14-24/h5-6,11-13H,7-10,14H2,1-4H3,(H,23,25). The summed E-state index contributed by atoms with van der Waals surface area (Å²) >= 11 is 0. The smallest absolute Gasteiger partial charge is 0.251 e. The molecule has 0 saturated heterocycles. The van der Waals surface area contributed by atoms with Crippen LogP contribution in [0.15, 0.2) is 30.3 Å². The van der Waals surface area contributed by atoms with E-state index in [0.717, 1.165) is 33.6 Å². The van der Waals surface area contributed by atoms with E-state index >= 15 is 0 Å². The number of hydrogen-bond acceptors (Lipinski definition) is 4. The lowest BCUT2D eigenvalue weighted by molar-refractivity contribution is 0.0955. The first kappa shape index (κ1) is 21.3. The van der Waals surface area contributed by atoms with Crippen LogP contribution in [0.5, 0.6) is 5.75 Å². The zero-order valence-electron chi connectivity index (χ0n) is 17.4. The van der Waals surface area contributed by atoms with Crippen LogP contribution in [0.1, 0.15) is 38.2 Å². The maximum Gasteiger partial charge on any atom is 0.251 e. The number of hydrogen-bond donors (Lipinski definition) is 1. The molecule has 156 valence electrons. The zero-order valence-corrected chi connectivity index (χ0v) is 18.2. The van der Waals surface area contributed by atoms with Crippen LogP contribution in [0.3, 0.4) is 0 Å². The molecular weight excluding hydrogens is 388 g/mol. The molecule has 0 bridgehead atoms. The van der Waals surface area contributed by atoms with Gasteiger partial charge in [0.05, 0.1) is 12.9 Å². The summed E-state index contributed by atoms with van der Waals surface area (Å²) in [4.78, 5) is 12.6. The van der Waals surface area contributed by atoms with Crippen molar-refractivity contribution in [1.82, 2.24) is 9.62 Å². The zero-order chi connectivity index (χ0) is 21.2. The molecule has 0 unspecified atom stereocenters. The van der Waals surface area contributed by atoms with E-state index in [4.69, 9.17) is 4.74 Å². The fourth-order valence-corrected chi connectivity index (χ4v) is 5.24. The number of methoxy groups -OCH3 is 1. The number of aryl methyl sites for hydroxylation is 3. The molecule has 1 aliphatic rings. The Hall–Kier alpha value is -2.38. The largest absolute Gasteiger partial charge is 0.497 e. The fraction of sp³-hybridized carbons (Fsp3) is 0.409. The van der Waals surface area contributed by atoms with Crippen LogP contribution in [-0.4, -0.2) is 44.6 Å². The minimum absolute atomic E-state index is 0.0832. The van der Waals surface area contributed by atoms with E-state index in [0.29, 0.717) is 25.1 Å². The second-order valence-corrected chi connectivity index (χ2v) is 9.65. The fourth-order valence-electron chi connectivity index (χ4n) is 3.92. The van der Waals surface area contributed by atoms with Crippen molar-refractivity contribution in [3.8, 4) is 5.75 Å². The first-order chi connectivity index (χ1) is 13.7. The number of nitrogens with zero attached hydrogens (tertiary/aromatic N) is 1. The minimum atomic E-state index is -3.46. The van der Waals surface area contributed by atoms with E-state index in [1.165, 1.54) is 4.31 Å². The highest BCUT2D eigenvalue weighted by molar-refractivity contribution is 7.89. The van der Waals surface area contributed by atoms with Gasteiger partial charge in [-0.25, -0.2) is 8.42 Å². The number of sulfonamides is 1. The van der Waals surface area contributed by atoms with Gasteiger partial charge in [0.2, 0.25) is 10.0 Å². The molecular formula is C22H28N2O4S. The maximum absolute atomic E-state index is 12.8. The molecule has 1 N–H and O–H groups in total. The van der Waals surface area contributed by atoms with Gasteiger partial charge >= 0.3 is 0 Å². The number of benzene rings is 2. The van der Waals surface area contributed by atoms with Gasteiger partial charge < -0.3 is 10.1 Å². The third-order valence-electron chi connectivity index (χ3n) is 5.33. The minimum Gasteiger partial charge on any atom is -0.497 e. The van der Waals surface area contributed by atoms with Crippen molar-refractivity contribution in [2.75, 3.05) is 26.0 Å². The summed E-state index contributed by atoms with van der Waals surface area (Å²) < 4.78 is 32.3. The number of ether oxygens (including phenoxy) is 1. The molecule has 0 atom stereocenters. The molecule has 0 aromatic heterocycles. The maximum atomic E-state index is 12.8. The monoisotopic (exact) mass is 416 g/mol. The molecule has 0 spiro atoms. The van der Waals surface area contributed by atoms with Crippen molar-refractivity contribution in [1.29, 1.82) is 0 Å². The summed E-state index contributed by atoms with van der Waals surface area (Å²) in [5, 5.41) is 2.77. The SMILES string of the molecule is COc1ccc2c(c1)CCN(S(=O)(=O)CCNC(=O)c1c(C)cc(C)cc1C)C2. The van der Waals surface area contributed by atoms with E-state index in [1.54, 1.807) is 7.11 Å². The Morgan fingerprint density at radius 2 is 1.79 bits per heavy atom. The number of amides is 1. The second kappa shape index (κ2) is 8.55. The van der Waals surface area contributed by atoms with E-state index in [-0.39, 0.29) is 18.2 Å². The van der Waals surface area contributed by atoms with Crippen LogP contribution in [0.4, 0.5) is 0 Å². The van der Waals surface area contributed by atoms with Crippen LogP contribution in [0.2, 0.25) is 0 Å². The molecule has 2 aromatic rings. The predicted octanol–water partition coefficient (Wildman–Crippen LogP) is 2.74. The summed E-state index contributed by atoms with van der Waals surface area (Å²) in [5.74, 6) is 0.435. The molecule has 0 fully saturated rings. The van der Waals surface area contributed by atoms with Crippen molar-refractivity contribution >= 4 is 15.9 Å². The topological polar surface area (TPSA) is 75.7 Å². The molecule has 0 aliphatic carbocycles.